The van der Waals surface area contributed by atoms with Gasteiger partial charge in [0.25, 0.3) is 0 Å². The van der Waals surface area contributed by atoms with Crippen LogP contribution in [0.5, 0.6) is 5.75 Å². The van der Waals surface area contributed by atoms with Crippen molar-refractivity contribution in [2.75, 3.05) is 19.5 Å². The van der Waals surface area contributed by atoms with Crippen molar-refractivity contribution in [3.05, 3.63) is 23.8 Å². The Labute approximate surface area is 108 Å². The second-order valence-corrected chi connectivity index (χ2v) is 5.41. The summed E-state index contributed by atoms with van der Waals surface area (Å²) in [6.07, 6.45) is 0.901. The Morgan fingerprint density at radius 2 is 2.00 bits per heavy atom. The molecule has 2 N–H and O–H groups in total. The highest BCUT2D eigenvalue weighted by atomic mass is 16.5. The Hall–Kier alpha value is -1.71. The molecule has 0 aliphatic carbocycles. The second kappa shape index (κ2) is 5.76. The Bertz CT molecular complexity index is 422. The quantitative estimate of drug-likeness (QED) is 0.660. The number of ether oxygens (including phenoxy) is 2. The predicted molar refractivity (Wildman–Crippen MR) is 71.8 cm³/mol. The second-order valence-electron chi connectivity index (χ2n) is 5.41. The predicted octanol–water partition coefficient (Wildman–Crippen LogP) is 2.87. The third-order valence-corrected chi connectivity index (χ3v) is 2.52. The molecule has 0 unspecified atom stereocenters. The minimum absolute atomic E-state index is 0.194. The summed E-state index contributed by atoms with van der Waals surface area (Å²) in [6, 6.07) is 4.97. The van der Waals surface area contributed by atoms with E-state index < -0.39 is 5.97 Å². The Morgan fingerprint density at radius 3 is 2.56 bits per heavy atom. The van der Waals surface area contributed by atoms with Crippen LogP contribution in [0.4, 0.5) is 5.69 Å². The molecule has 100 valence electrons. The average molecular weight is 251 g/mol. The van der Waals surface area contributed by atoms with Crippen LogP contribution in [0.25, 0.3) is 0 Å². The smallest absolute Gasteiger partial charge is 0.341 e. The number of methoxy groups -OCH3 is 1. The zero-order valence-electron chi connectivity index (χ0n) is 11.4. The summed E-state index contributed by atoms with van der Waals surface area (Å²) in [5, 5.41) is 0. The van der Waals surface area contributed by atoms with Gasteiger partial charge < -0.3 is 15.2 Å². The molecule has 1 aromatic rings. The molecule has 0 aliphatic heterocycles. The van der Waals surface area contributed by atoms with E-state index in [-0.39, 0.29) is 5.41 Å². The van der Waals surface area contributed by atoms with E-state index in [0.717, 1.165) is 6.42 Å². The lowest BCUT2D eigenvalue weighted by Gasteiger charge is -2.18. The molecule has 0 saturated heterocycles. The summed E-state index contributed by atoms with van der Waals surface area (Å²) in [7, 11) is 1.34. The summed E-state index contributed by atoms with van der Waals surface area (Å²) in [4.78, 5) is 11.6. The zero-order valence-corrected chi connectivity index (χ0v) is 11.4. The summed E-state index contributed by atoms with van der Waals surface area (Å²) < 4.78 is 10.3. The number of carbonyl (C=O) groups excluding carboxylic acids is 1. The van der Waals surface area contributed by atoms with Gasteiger partial charge in [0, 0.05) is 5.69 Å². The fourth-order valence-electron chi connectivity index (χ4n) is 1.41. The SMILES string of the molecule is COC(=O)c1cc(N)ccc1OCCC(C)(C)C. The fourth-order valence-corrected chi connectivity index (χ4v) is 1.41. The van der Waals surface area contributed by atoms with Crippen molar-refractivity contribution >= 4 is 11.7 Å². The molecule has 0 bridgehead atoms. The van der Waals surface area contributed by atoms with Gasteiger partial charge >= 0.3 is 5.97 Å². The molecular formula is C14H21NO3. The first-order valence-electron chi connectivity index (χ1n) is 5.94. The van der Waals surface area contributed by atoms with E-state index in [1.54, 1.807) is 18.2 Å². The van der Waals surface area contributed by atoms with Crippen molar-refractivity contribution in [2.45, 2.75) is 27.2 Å². The van der Waals surface area contributed by atoms with E-state index in [9.17, 15) is 4.79 Å². The van der Waals surface area contributed by atoms with E-state index in [0.29, 0.717) is 23.6 Å². The van der Waals surface area contributed by atoms with E-state index >= 15 is 0 Å². The van der Waals surface area contributed by atoms with Gasteiger partial charge in [0.2, 0.25) is 0 Å². The number of benzene rings is 1. The number of nitrogens with two attached hydrogens (primary N) is 1. The summed E-state index contributed by atoms with van der Waals surface area (Å²) in [6.45, 7) is 6.97. The average Bonchev–Trinajstić information content (AvgIpc) is 2.28. The third kappa shape index (κ3) is 4.28. The van der Waals surface area contributed by atoms with Crippen molar-refractivity contribution in [3.63, 3.8) is 0 Å². The van der Waals surface area contributed by atoms with E-state index in [4.69, 9.17) is 15.2 Å². The number of esters is 1. The van der Waals surface area contributed by atoms with Crippen LogP contribution >= 0.6 is 0 Å². The van der Waals surface area contributed by atoms with Crippen LogP contribution in [0.1, 0.15) is 37.6 Å². The van der Waals surface area contributed by atoms with Crippen LogP contribution < -0.4 is 10.5 Å². The van der Waals surface area contributed by atoms with Gasteiger partial charge in [-0.25, -0.2) is 4.79 Å². The summed E-state index contributed by atoms with van der Waals surface area (Å²) >= 11 is 0. The van der Waals surface area contributed by atoms with Gasteiger partial charge in [0.15, 0.2) is 0 Å². The first-order valence-corrected chi connectivity index (χ1v) is 5.94. The van der Waals surface area contributed by atoms with Crippen molar-refractivity contribution in [1.82, 2.24) is 0 Å². The molecule has 0 amide bonds. The third-order valence-electron chi connectivity index (χ3n) is 2.52. The Morgan fingerprint density at radius 1 is 1.33 bits per heavy atom. The van der Waals surface area contributed by atoms with Crippen molar-refractivity contribution in [1.29, 1.82) is 0 Å². The minimum Gasteiger partial charge on any atom is -0.493 e. The highest BCUT2D eigenvalue weighted by Crippen LogP contribution is 2.24. The van der Waals surface area contributed by atoms with Gasteiger partial charge in [-0.05, 0) is 30.0 Å². The van der Waals surface area contributed by atoms with Crippen molar-refractivity contribution in [3.8, 4) is 5.75 Å². The molecule has 0 radical (unpaired) electrons. The molecule has 0 saturated carbocycles. The van der Waals surface area contributed by atoms with E-state index in [1.165, 1.54) is 7.11 Å². The number of hydrogen-bond donors (Lipinski definition) is 1. The largest absolute Gasteiger partial charge is 0.493 e. The van der Waals surface area contributed by atoms with Crippen LogP contribution in [0.2, 0.25) is 0 Å². The highest BCUT2D eigenvalue weighted by molar-refractivity contribution is 5.93. The van der Waals surface area contributed by atoms with Gasteiger partial charge in [0.05, 0.1) is 13.7 Å². The topological polar surface area (TPSA) is 61.5 Å². The maximum absolute atomic E-state index is 11.6. The lowest BCUT2D eigenvalue weighted by atomic mass is 9.93. The summed E-state index contributed by atoms with van der Waals surface area (Å²) in [5.41, 5.74) is 6.73. The van der Waals surface area contributed by atoms with Gasteiger partial charge in [-0.1, -0.05) is 20.8 Å². The maximum Gasteiger partial charge on any atom is 0.341 e. The zero-order chi connectivity index (χ0) is 13.8. The molecule has 4 nitrogen and oxygen atoms in total. The fraction of sp³-hybridized carbons (Fsp3) is 0.500. The van der Waals surface area contributed by atoms with Gasteiger partial charge in [-0.3, -0.25) is 0 Å². The minimum atomic E-state index is -0.437. The Kier molecular flexibility index (Phi) is 4.59. The highest BCUT2D eigenvalue weighted by Gasteiger charge is 2.15. The Balaban J connectivity index is 2.79. The molecule has 0 atom stereocenters. The molecule has 0 spiro atoms. The number of rotatable bonds is 4. The molecule has 18 heavy (non-hydrogen) atoms. The first-order chi connectivity index (χ1) is 8.33. The molecule has 4 heteroatoms. The van der Waals surface area contributed by atoms with Crippen LogP contribution in [0.15, 0.2) is 18.2 Å². The number of hydrogen-bond acceptors (Lipinski definition) is 4. The molecule has 1 rings (SSSR count). The van der Waals surface area contributed by atoms with Crippen LogP contribution in [-0.4, -0.2) is 19.7 Å². The van der Waals surface area contributed by atoms with Crippen LogP contribution in [0, 0.1) is 5.41 Å². The number of nitrogen functional groups attached to an aromatic ring is 1. The van der Waals surface area contributed by atoms with E-state index in [1.807, 2.05) is 0 Å². The molecule has 0 fully saturated rings. The summed E-state index contributed by atoms with van der Waals surface area (Å²) in [5.74, 6) is 0.0772. The lowest BCUT2D eigenvalue weighted by Crippen LogP contribution is -2.13. The van der Waals surface area contributed by atoms with Crippen molar-refractivity contribution in [2.24, 2.45) is 5.41 Å². The van der Waals surface area contributed by atoms with Crippen LogP contribution in [0.3, 0.4) is 0 Å². The molecule has 0 aromatic heterocycles. The molecule has 0 aliphatic rings. The molecule has 1 aromatic carbocycles. The van der Waals surface area contributed by atoms with Crippen LogP contribution in [-0.2, 0) is 4.74 Å². The van der Waals surface area contributed by atoms with Gasteiger partial charge in [-0.2, -0.15) is 0 Å². The van der Waals surface area contributed by atoms with Crippen molar-refractivity contribution < 1.29 is 14.3 Å². The maximum atomic E-state index is 11.6. The number of carbonyl (C=O) groups is 1. The van der Waals surface area contributed by atoms with Gasteiger partial charge in [-0.15, -0.1) is 0 Å². The standard InChI is InChI=1S/C14H21NO3/c1-14(2,3)7-8-18-12-6-5-10(15)9-11(12)13(16)17-4/h5-6,9H,7-8,15H2,1-4H3. The number of anilines is 1. The lowest BCUT2D eigenvalue weighted by molar-refractivity contribution is 0.0595. The monoisotopic (exact) mass is 251 g/mol. The van der Waals surface area contributed by atoms with E-state index in [2.05, 4.69) is 20.8 Å². The van der Waals surface area contributed by atoms with Gasteiger partial charge in [0.1, 0.15) is 11.3 Å². The molecular weight excluding hydrogens is 230 g/mol. The first kappa shape index (κ1) is 14.4. The molecule has 0 heterocycles. The normalized spacial score (nSPS) is 11.1.